The van der Waals surface area contributed by atoms with Crippen molar-refractivity contribution in [2.75, 3.05) is 5.32 Å². The third-order valence-electron chi connectivity index (χ3n) is 3.62. The highest BCUT2D eigenvalue weighted by Gasteiger charge is 2.13. The quantitative estimate of drug-likeness (QED) is 0.560. The number of carbonyl (C=O) groups is 1. The second-order valence-corrected chi connectivity index (χ2v) is 5.56. The van der Waals surface area contributed by atoms with Crippen LogP contribution < -0.4 is 9.88 Å². The van der Waals surface area contributed by atoms with E-state index in [9.17, 15) is 4.79 Å². The zero-order valence-corrected chi connectivity index (χ0v) is 13.5. The summed E-state index contributed by atoms with van der Waals surface area (Å²) < 4.78 is 1.83. The van der Waals surface area contributed by atoms with Crippen LogP contribution >= 0.6 is 0 Å². The predicted molar refractivity (Wildman–Crippen MR) is 91.5 cm³/mol. The van der Waals surface area contributed by atoms with E-state index < -0.39 is 0 Å². The molecule has 0 bridgehead atoms. The van der Waals surface area contributed by atoms with Gasteiger partial charge in [0, 0.05) is 30.6 Å². The zero-order valence-electron chi connectivity index (χ0n) is 13.5. The molecule has 0 aliphatic carbocycles. The Hall–Kier alpha value is -3.08. The molecule has 2 heterocycles. The molecule has 0 aliphatic rings. The Kier molecular flexibility index (Phi) is 4.91. The first-order valence-corrected chi connectivity index (χ1v) is 7.79. The highest BCUT2D eigenvalue weighted by molar-refractivity contribution is 5.92. The molecule has 1 aromatic carbocycles. The van der Waals surface area contributed by atoms with Gasteiger partial charge in [-0.15, -0.1) is 0 Å². The van der Waals surface area contributed by atoms with Crippen molar-refractivity contribution in [3.8, 4) is 0 Å². The summed E-state index contributed by atoms with van der Waals surface area (Å²) in [6.07, 6.45) is 6.89. The van der Waals surface area contributed by atoms with E-state index in [1.807, 2.05) is 54.2 Å². The summed E-state index contributed by atoms with van der Waals surface area (Å²) in [5, 5.41) is 3.36. The number of rotatable bonds is 6. The molecule has 2 aromatic heterocycles. The van der Waals surface area contributed by atoms with Gasteiger partial charge in [0.2, 0.25) is 12.3 Å². The van der Waals surface area contributed by atoms with Gasteiger partial charge in [-0.05, 0) is 12.5 Å². The smallest absolute Gasteiger partial charge is 0.247 e. The van der Waals surface area contributed by atoms with Gasteiger partial charge in [-0.1, -0.05) is 30.3 Å². The van der Waals surface area contributed by atoms with E-state index in [1.54, 1.807) is 6.20 Å². The van der Waals surface area contributed by atoms with E-state index in [4.69, 9.17) is 0 Å². The molecule has 3 rings (SSSR count). The van der Waals surface area contributed by atoms with E-state index >= 15 is 0 Å². The molecule has 0 atom stereocenters. The fourth-order valence-electron chi connectivity index (χ4n) is 2.26. The van der Waals surface area contributed by atoms with Gasteiger partial charge in [-0.25, -0.2) is 4.98 Å². The molecule has 5 heteroatoms. The second kappa shape index (κ2) is 7.46. The van der Waals surface area contributed by atoms with Crippen molar-refractivity contribution in [2.45, 2.75) is 20.0 Å². The standard InChI is InChI=1S/C19H18N4O/c1-15-11-22-18(13-20-15)19(24)14-23-9-7-17(8-10-23)21-12-16-5-3-2-4-6-16/h2-11,13H,12,14H2,1H3/p+1. The van der Waals surface area contributed by atoms with E-state index in [-0.39, 0.29) is 12.3 Å². The van der Waals surface area contributed by atoms with Crippen LogP contribution in [-0.2, 0) is 13.1 Å². The number of aryl methyl sites for hydroxylation is 1. The minimum absolute atomic E-state index is 0.0579. The van der Waals surface area contributed by atoms with Crippen molar-refractivity contribution in [1.29, 1.82) is 0 Å². The maximum absolute atomic E-state index is 12.2. The first kappa shape index (κ1) is 15.8. The van der Waals surface area contributed by atoms with Crippen molar-refractivity contribution in [2.24, 2.45) is 0 Å². The Morgan fingerprint density at radius 3 is 2.46 bits per heavy atom. The number of benzene rings is 1. The lowest BCUT2D eigenvalue weighted by molar-refractivity contribution is -0.683. The lowest BCUT2D eigenvalue weighted by atomic mass is 10.2. The van der Waals surface area contributed by atoms with Crippen molar-refractivity contribution >= 4 is 11.5 Å². The Bertz CT molecular complexity index is 799. The summed E-state index contributed by atoms with van der Waals surface area (Å²) in [6.45, 7) is 2.86. The number of nitrogens with one attached hydrogen (secondary N) is 1. The highest BCUT2D eigenvalue weighted by atomic mass is 16.1. The summed E-state index contributed by atoms with van der Waals surface area (Å²) in [4.78, 5) is 20.4. The van der Waals surface area contributed by atoms with Gasteiger partial charge in [-0.2, -0.15) is 4.57 Å². The van der Waals surface area contributed by atoms with E-state index in [0.717, 1.165) is 17.9 Å². The molecule has 5 nitrogen and oxygen atoms in total. The molecule has 0 radical (unpaired) electrons. The van der Waals surface area contributed by atoms with Gasteiger partial charge in [0.1, 0.15) is 5.69 Å². The molecule has 0 unspecified atom stereocenters. The normalized spacial score (nSPS) is 10.4. The number of aromatic nitrogens is 3. The number of hydrogen-bond donors (Lipinski definition) is 1. The molecule has 0 amide bonds. The number of nitrogens with zero attached hydrogens (tertiary/aromatic N) is 3. The van der Waals surface area contributed by atoms with Gasteiger partial charge in [0.05, 0.1) is 11.9 Å². The zero-order chi connectivity index (χ0) is 16.8. The molecular weight excluding hydrogens is 300 g/mol. The van der Waals surface area contributed by atoms with Crippen molar-refractivity contribution in [1.82, 2.24) is 9.97 Å². The average Bonchev–Trinajstić information content (AvgIpc) is 2.62. The summed E-state index contributed by atoms with van der Waals surface area (Å²) in [7, 11) is 0. The van der Waals surface area contributed by atoms with Crippen LogP contribution in [0.3, 0.4) is 0 Å². The largest absolute Gasteiger partial charge is 0.381 e. The first-order chi connectivity index (χ1) is 11.7. The van der Waals surface area contributed by atoms with Gasteiger partial charge in [-0.3, -0.25) is 9.78 Å². The minimum Gasteiger partial charge on any atom is -0.381 e. The van der Waals surface area contributed by atoms with Crippen LogP contribution in [-0.4, -0.2) is 15.8 Å². The molecule has 120 valence electrons. The third-order valence-corrected chi connectivity index (χ3v) is 3.62. The summed E-state index contributed by atoms with van der Waals surface area (Å²) in [5.74, 6) is -0.0579. The number of pyridine rings is 1. The molecule has 0 aliphatic heterocycles. The SMILES string of the molecule is Cc1cnc(C(=O)C[n+]2ccc(NCc3ccccc3)cc2)cn1. The molecule has 0 saturated heterocycles. The second-order valence-electron chi connectivity index (χ2n) is 5.56. The van der Waals surface area contributed by atoms with Crippen LogP contribution in [0.4, 0.5) is 5.69 Å². The van der Waals surface area contributed by atoms with Gasteiger partial charge in [0.15, 0.2) is 12.4 Å². The summed E-state index contributed by atoms with van der Waals surface area (Å²) in [6, 6.07) is 14.1. The number of anilines is 1. The van der Waals surface area contributed by atoms with Crippen LogP contribution in [0.25, 0.3) is 0 Å². The van der Waals surface area contributed by atoms with Gasteiger partial charge < -0.3 is 5.32 Å². The lowest BCUT2D eigenvalue weighted by Crippen LogP contribution is -2.37. The molecule has 0 spiro atoms. The van der Waals surface area contributed by atoms with Crippen molar-refractivity contribution in [3.05, 3.63) is 84.2 Å². The lowest BCUT2D eigenvalue weighted by Gasteiger charge is -2.05. The minimum atomic E-state index is -0.0579. The van der Waals surface area contributed by atoms with Crippen molar-refractivity contribution < 1.29 is 9.36 Å². The summed E-state index contributed by atoms with van der Waals surface area (Å²) in [5.41, 5.74) is 3.42. The average molecular weight is 319 g/mol. The fourth-order valence-corrected chi connectivity index (χ4v) is 2.26. The van der Waals surface area contributed by atoms with E-state index in [0.29, 0.717) is 5.69 Å². The highest BCUT2D eigenvalue weighted by Crippen LogP contribution is 2.06. The molecular formula is C19H19N4O+. The first-order valence-electron chi connectivity index (χ1n) is 7.79. The topological polar surface area (TPSA) is 58.8 Å². The number of carbonyl (C=O) groups excluding carboxylic acids is 1. The molecule has 0 saturated carbocycles. The third kappa shape index (κ3) is 4.23. The maximum Gasteiger partial charge on any atom is 0.247 e. The maximum atomic E-state index is 12.2. The predicted octanol–water partition coefficient (Wildman–Crippen LogP) is 2.57. The van der Waals surface area contributed by atoms with Crippen LogP contribution in [0.1, 0.15) is 21.7 Å². The van der Waals surface area contributed by atoms with Crippen LogP contribution in [0.2, 0.25) is 0 Å². The van der Waals surface area contributed by atoms with Crippen LogP contribution in [0.15, 0.2) is 67.3 Å². The molecule has 24 heavy (non-hydrogen) atoms. The Morgan fingerprint density at radius 2 is 1.79 bits per heavy atom. The Balaban J connectivity index is 1.58. The Labute approximate surface area is 141 Å². The Morgan fingerprint density at radius 1 is 1.04 bits per heavy atom. The number of Topliss-reactive ketones (excluding diaryl/α,β-unsaturated/α-hetero) is 1. The monoisotopic (exact) mass is 319 g/mol. The van der Waals surface area contributed by atoms with E-state index in [2.05, 4.69) is 27.4 Å². The van der Waals surface area contributed by atoms with Crippen molar-refractivity contribution in [3.63, 3.8) is 0 Å². The van der Waals surface area contributed by atoms with Gasteiger partial charge in [0.25, 0.3) is 0 Å². The number of hydrogen-bond acceptors (Lipinski definition) is 4. The van der Waals surface area contributed by atoms with E-state index in [1.165, 1.54) is 11.8 Å². The van der Waals surface area contributed by atoms with Gasteiger partial charge >= 0.3 is 0 Å². The van der Waals surface area contributed by atoms with Crippen LogP contribution in [0, 0.1) is 6.92 Å². The summed E-state index contributed by atoms with van der Waals surface area (Å²) >= 11 is 0. The molecule has 1 N–H and O–H groups in total. The van der Waals surface area contributed by atoms with Crippen LogP contribution in [0.5, 0.6) is 0 Å². The fraction of sp³-hybridized carbons (Fsp3) is 0.158. The molecule has 0 fully saturated rings. The molecule has 3 aromatic rings. The number of ketones is 1.